The third kappa shape index (κ3) is 3.02. The molecule has 3 rings (SSSR count). The van der Waals surface area contributed by atoms with E-state index in [4.69, 9.17) is 0 Å². The zero-order valence-corrected chi connectivity index (χ0v) is 12.2. The second kappa shape index (κ2) is 6.25. The van der Waals surface area contributed by atoms with Crippen LogP contribution in [0.25, 0.3) is 16.8 Å². The van der Waals surface area contributed by atoms with E-state index in [2.05, 4.69) is 0 Å². The van der Waals surface area contributed by atoms with E-state index in [1.807, 2.05) is 48.5 Å². The number of benzene rings is 3. The van der Waals surface area contributed by atoms with Crippen LogP contribution in [0.2, 0.25) is 0 Å². The Labute approximate surface area is 133 Å². The molecule has 0 aliphatic carbocycles. The van der Waals surface area contributed by atoms with Crippen molar-refractivity contribution >= 4 is 22.6 Å². The predicted molar refractivity (Wildman–Crippen MR) is 88.3 cm³/mol. The van der Waals surface area contributed by atoms with Crippen molar-refractivity contribution in [2.75, 3.05) is 0 Å². The quantitative estimate of drug-likeness (QED) is 0.397. The first-order valence-corrected chi connectivity index (χ1v) is 7.09. The number of carbonyl (C=O) groups is 1. The van der Waals surface area contributed by atoms with Gasteiger partial charge in [-0.25, -0.2) is 4.39 Å². The topological polar surface area (TPSA) is 40.9 Å². The van der Waals surface area contributed by atoms with Crippen LogP contribution in [0.15, 0.2) is 72.3 Å². The Bertz CT molecular complexity index is 944. The first-order valence-electron chi connectivity index (χ1n) is 7.09. The Morgan fingerprint density at radius 1 is 0.957 bits per heavy atom. The van der Waals surface area contributed by atoms with Crippen LogP contribution in [0.4, 0.5) is 4.39 Å². The fourth-order valence-corrected chi connectivity index (χ4v) is 2.44. The summed E-state index contributed by atoms with van der Waals surface area (Å²) in [6, 6.07) is 20.6. The second-order valence-corrected chi connectivity index (χ2v) is 5.07. The van der Waals surface area contributed by atoms with E-state index in [1.54, 1.807) is 6.08 Å². The van der Waals surface area contributed by atoms with Crippen LogP contribution in [0.5, 0.6) is 0 Å². The van der Waals surface area contributed by atoms with Gasteiger partial charge in [0.05, 0.1) is 0 Å². The van der Waals surface area contributed by atoms with Crippen molar-refractivity contribution < 1.29 is 9.18 Å². The molecule has 0 saturated heterocycles. The number of Topliss-reactive ketones (excluding diaryl/α,β-unsaturated/α-hetero) is 1. The molecule has 0 amide bonds. The molecule has 0 atom stereocenters. The third-order valence-electron chi connectivity index (χ3n) is 3.59. The van der Waals surface area contributed by atoms with Gasteiger partial charge in [-0.1, -0.05) is 42.5 Å². The number of nitriles is 1. The normalized spacial score (nSPS) is 11.2. The molecule has 3 heteroatoms. The average molecular weight is 301 g/mol. The highest BCUT2D eigenvalue weighted by Gasteiger charge is 2.12. The molecule has 3 aromatic rings. The van der Waals surface area contributed by atoms with Gasteiger partial charge in [-0.05, 0) is 46.7 Å². The van der Waals surface area contributed by atoms with Gasteiger partial charge in [-0.15, -0.1) is 0 Å². The molecule has 0 N–H and O–H groups in total. The zero-order chi connectivity index (χ0) is 16.2. The van der Waals surface area contributed by atoms with Crippen LogP contribution < -0.4 is 0 Å². The van der Waals surface area contributed by atoms with Gasteiger partial charge in [-0.3, -0.25) is 4.79 Å². The van der Waals surface area contributed by atoms with E-state index in [0.29, 0.717) is 5.56 Å². The molecular weight excluding hydrogens is 289 g/mol. The molecule has 2 nitrogen and oxygen atoms in total. The molecule has 0 spiro atoms. The molecule has 0 aliphatic heterocycles. The van der Waals surface area contributed by atoms with Crippen LogP contribution in [-0.4, -0.2) is 5.78 Å². The maximum atomic E-state index is 13.0. The lowest BCUT2D eigenvalue weighted by Gasteiger charge is -2.04. The van der Waals surface area contributed by atoms with E-state index < -0.39 is 11.6 Å². The largest absolute Gasteiger partial charge is 0.288 e. The van der Waals surface area contributed by atoms with Crippen molar-refractivity contribution in [1.29, 1.82) is 5.26 Å². The summed E-state index contributed by atoms with van der Waals surface area (Å²) in [6.07, 6.45) is 1.58. The van der Waals surface area contributed by atoms with Gasteiger partial charge in [0, 0.05) is 5.56 Å². The molecule has 23 heavy (non-hydrogen) atoms. The maximum absolute atomic E-state index is 13.0. The number of hydrogen-bond acceptors (Lipinski definition) is 2. The van der Waals surface area contributed by atoms with Gasteiger partial charge in [0.15, 0.2) is 0 Å². The van der Waals surface area contributed by atoms with Crippen molar-refractivity contribution in [3.8, 4) is 6.07 Å². The Kier molecular flexibility index (Phi) is 3.99. The fourth-order valence-electron chi connectivity index (χ4n) is 2.44. The Balaban J connectivity index is 2.06. The van der Waals surface area contributed by atoms with Gasteiger partial charge in [-0.2, -0.15) is 5.26 Å². The molecule has 3 aromatic carbocycles. The molecule has 110 valence electrons. The van der Waals surface area contributed by atoms with Gasteiger partial charge in [0.25, 0.3) is 0 Å². The minimum Gasteiger partial charge on any atom is -0.288 e. The van der Waals surface area contributed by atoms with Crippen molar-refractivity contribution in [3.05, 3.63) is 89.2 Å². The van der Waals surface area contributed by atoms with Crippen LogP contribution >= 0.6 is 0 Å². The molecule has 0 aliphatic rings. The minimum absolute atomic E-state index is 0.0213. The van der Waals surface area contributed by atoms with E-state index in [0.717, 1.165) is 16.3 Å². The summed E-state index contributed by atoms with van der Waals surface area (Å²) in [6.45, 7) is 0. The summed E-state index contributed by atoms with van der Waals surface area (Å²) in [5, 5.41) is 11.3. The lowest BCUT2D eigenvalue weighted by Crippen LogP contribution is -2.02. The van der Waals surface area contributed by atoms with Crippen LogP contribution in [0.1, 0.15) is 15.9 Å². The third-order valence-corrected chi connectivity index (χ3v) is 3.59. The Morgan fingerprint density at radius 3 is 2.39 bits per heavy atom. The first-order chi connectivity index (χ1) is 11.2. The van der Waals surface area contributed by atoms with Crippen LogP contribution in [-0.2, 0) is 0 Å². The van der Waals surface area contributed by atoms with Crippen molar-refractivity contribution in [1.82, 2.24) is 0 Å². The predicted octanol–water partition coefficient (Wildman–Crippen LogP) is 4.77. The summed E-state index contributed by atoms with van der Waals surface area (Å²) < 4.78 is 13.0. The molecule has 0 fully saturated rings. The molecular formula is C20H12FNO. The van der Waals surface area contributed by atoms with Gasteiger partial charge >= 0.3 is 0 Å². The summed E-state index contributed by atoms with van der Waals surface area (Å²) in [5.41, 5.74) is 1.11. The number of nitrogens with zero attached hydrogens (tertiary/aromatic N) is 1. The van der Waals surface area contributed by atoms with E-state index >= 15 is 0 Å². The number of halogens is 1. The summed E-state index contributed by atoms with van der Waals surface area (Å²) in [7, 11) is 0. The fraction of sp³-hybridized carbons (Fsp3) is 0. The van der Waals surface area contributed by atoms with E-state index in [1.165, 1.54) is 24.3 Å². The Hall–Kier alpha value is -3.25. The highest BCUT2D eigenvalue weighted by Crippen LogP contribution is 2.22. The molecule has 0 saturated carbocycles. The molecule has 0 aromatic heterocycles. The molecule has 0 heterocycles. The molecule has 0 bridgehead atoms. The summed E-state index contributed by atoms with van der Waals surface area (Å²) >= 11 is 0. The second-order valence-electron chi connectivity index (χ2n) is 5.07. The van der Waals surface area contributed by atoms with Crippen LogP contribution in [0.3, 0.4) is 0 Å². The number of rotatable bonds is 3. The van der Waals surface area contributed by atoms with Crippen molar-refractivity contribution in [2.45, 2.75) is 0 Å². The van der Waals surface area contributed by atoms with E-state index in [-0.39, 0.29) is 5.57 Å². The smallest absolute Gasteiger partial charge is 0.203 e. The van der Waals surface area contributed by atoms with E-state index in [9.17, 15) is 14.4 Å². The summed E-state index contributed by atoms with van der Waals surface area (Å²) in [4.78, 5) is 12.4. The highest BCUT2D eigenvalue weighted by atomic mass is 19.1. The van der Waals surface area contributed by atoms with Crippen molar-refractivity contribution in [3.63, 3.8) is 0 Å². The van der Waals surface area contributed by atoms with Gasteiger partial charge < -0.3 is 0 Å². The van der Waals surface area contributed by atoms with Gasteiger partial charge in [0.1, 0.15) is 17.5 Å². The summed E-state index contributed by atoms with van der Waals surface area (Å²) in [5.74, 6) is -0.835. The van der Waals surface area contributed by atoms with Crippen LogP contribution in [0, 0.1) is 17.1 Å². The number of hydrogen-bond donors (Lipinski definition) is 0. The molecule has 0 unspecified atom stereocenters. The first kappa shape index (κ1) is 14.7. The SMILES string of the molecule is N#C/C(=C\c1cccc2ccccc12)C(=O)c1ccc(F)cc1. The monoisotopic (exact) mass is 301 g/mol. The Morgan fingerprint density at radius 2 is 1.65 bits per heavy atom. The van der Waals surface area contributed by atoms with Crippen molar-refractivity contribution in [2.24, 2.45) is 0 Å². The lowest BCUT2D eigenvalue weighted by atomic mass is 9.99. The highest BCUT2D eigenvalue weighted by molar-refractivity contribution is 6.14. The lowest BCUT2D eigenvalue weighted by molar-refractivity contribution is 0.104. The number of ketones is 1. The number of carbonyl (C=O) groups excluding carboxylic acids is 1. The average Bonchev–Trinajstić information content (AvgIpc) is 2.60. The number of fused-ring (bicyclic) bond motifs is 1. The maximum Gasteiger partial charge on any atom is 0.203 e. The van der Waals surface area contributed by atoms with Gasteiger partial charge in [0.2, 0.25) is 5.78 Å². The zero-order valence-electron chi connectivity index (χ0n) is 12.2. The standard InChI is InChI=1S/C20H12FNO/c21-18-10-8-15(9-11-18)20(23)17(13-22)12-16-6-3-5-14-4-1-2-7-19(14)16/h1-12H/b17-12+. The minimum atomic E-state index is -0.418. The number of allylic oxidation sites excluding steroid dienone is 1. The molecule has 0 radical (unpaired) electrons.